The van der Waals surface area contributed by atoms with E-state index >= 15 is 0 Å². The maximum absolute atomic E-state index is 13.2. The number of nitrogens with one attached hydrogen (secondary N) is 1. The summed E-state index contributed by atoms with van der Waals surface area (Å²) in [6.45, 7) is 5.17. The molecule has 4 aromatic rings. The second-order valence-corrected chi connectivity index (χ2v) is 8.88. The van der Waals surface area contributed by atoms with Crippen molar-refractivity contribution < 1.29 is 19.1 Å². The van der Waals surface area contributed by atoms with E-state index in [9.17, 15) is 9.59 Å². The molecule has 2 saturated heterocycles. The molecule has 5 heterocycles. The van der Waals surface area contributed by atoms with Crippen LogP contribution < -0.4 is 10.1 Å². The highest BCUT2D eigenvalue weighted by atomic mass is 16.5. The summed E-state index contributed by atoms with van der Waals surface area (Å²) in [6, 6.07) is 9.35. The van der Waals surface area contributed by atoms with E-state index in [4.69, 9.17) is 9.47 Å². The SMILES string of the molecule is CNC(=O)n1c(C)cc2cc(Oc3ccnn4cc(C(=O)N5C[C@H]6OCC[C@H]65)c(C)c34)ccc21. The van der Waals surface area contributed by atoms with Gasteiger partial charge in [0.1, 0.15) is 11.3 Å². The predicted octanol–water partition coefficient (Wildman–Crippen LogP) is 3.50. The summed E-state index contributed by atoms with van der Waals surface area (Å²) >= 11 is 0. The minimum Gasteiger partial charge on any atom is -0.455 e. The molecule has 34 heavy (non-hydrogen) atoms. The Morgan fingerprint density at radius 3 is 2.85 bits per heavy atom. The lowest BCUT2D eigenvalue weighted by Gasteiger charge is -2.42. The Morgan fingerprint density at radius 1 is 1.21 bits per heavy atom. The Labute approximate surface area is 195 Å². The zero-order valence-corrected chi connectivity index (χ0v) is 19.2. The molecule has 3 aromatic heterocycles. The maximum atomic E-state index is 13.2. The molecule has 0 bridgehead atoms. The first-order valence-corrected chi connectivity index (χ1v) is 11.4. The van der Waals surface area contributed by atoms with Crippen molar-refractivity contribution in [1.82, 2.24) is 24.4 Å². The Bertz CT molecular complexity index is 1470. The molecule has 0 spiro atoms. The third kappa shape index (κ3) is 3.00. The molecule has 2 atom stereocenters. The van der Waals surface area contributed by atoms with Crippen LogP contribution in [0.25, 0.3) is 16.4 Å². The van der Waals surface area contributed by atoms with Crippen molar-refractivity contribution in [1.29, 1.82) is 0 Å². The van der Waals surface area contributed by atoms with Crippen LogP contribution >= 0.6 is 0 Å². The van der Waals surface area contributed by atoms with Gasteiger partial charge in [0.2, 0.25) is 0 Å². The highest BCUT2D eigenvalue weighted by Gasteiger charge is 2.46. The lowest BCUT2D eigenvalue weighted by atomic mass is 9.97. The van der Waals surface area contributed by atoms with Gasteiger partial charge in [0.25, 0.3) is 5.91 Å². The fourth-order valence-corrected chi connectivity index (χ4v) is 5.17. The van der Waals surface area contributed by atoms with Crippen LogP contribution in [0.4, 0.5) is 4.79 Å². The molecule has 9 nitrogen and oxygen atoms in total. The van der Waals surface area contributed by atoms with Crippen molar-refractivity contribution in [3.63, 3.8) is 0 Å². The van der Waals surface area contributed by atoms with Gasteiger partial charge in [-0.2, -0.15) is 5.10 Å². The number of hydrogen-bond acceptors (Lipinski definition) is 5. The number of rotatable bonds is 3. The Balaban J connectivity index is 1.34. The number of likely N-dealkylation sites (tertiary alicyclic amines) is 1. The maximum Gasteiger partial charge on any atom is 0.325 e. The standard InChI is InChI=1S/C25H25N5O4/c1-14-10-16-11-17(4-5-19(16)30(14)25(32)26-3)34-21-6-8-27-29-12-18(15(2)23(21)29)24(31)28-13-22-20(28)7-9-33-22/h4-6,8,10-12,20,22H,7,9,13H2,1-3H3,(H,26,32)/t20-,22-/m1/s1. The van der Waals surface area contributed by atoms with Crippen molar-refractivity contribution in [2.75, 3.05) is 20.2 Å². The lowest BCUT2D eigenvalue weighted by Crippen LogP contribution is -2.59. The van der Waals surface area contributed by atoms with Crippen molar-refractivity contribution in [2.24, 2.45) is 0 Å². The monoisotopic (exact) mass is 459 g/mol. The van der Waals surface area contributed by atoms with E-state index in [0.29, 0.717) is 30.2 Å². The zero-order valence-electron chi connectivity index (χ0n) is 19.2. The number of fused-ring (bicyclic) bond motifs is 3. The summed E-state index contributed by atoms with van der Waals surface area (Å²) < 4.78 is 15.2. The first-order chi connectivity index (χ1) is 16.5. The van der Waals surface area contributed by atoms with Gasteiger partial charge in [-0.3, -0.25) is 9.36 Å². The molecule has 174 valence electrons. The topological polar surface area (TPSA) is 90.1 Å². The number of amides is 2. The molecule has 9 heteroatoms. The van der Waals surface area contributed by atoms with Crippen LogP contribution in [0.5, 0.6) is 11.5 Å². The van der Waals surface area contributed by atoms with E-state index in [1.165, 1.54) is 0 Å². The fraction of sp³-hybridized carbons (Fsp3) is 0.320. The van der Waals surface area contributed by atoms with Gasteiger partial charge in [-0.25, -0.2) is 9.31 Å². The van der Waals surface area contributed by atoms with Crippen LogP contribution in [0.15, 0.2) is 42.7 Å². The Morgan fingerprint density at radius 2 is 2.06 bits per heavy atom. The average Bonchev–Trinajstić information content (AvgIpc) is 3.46. The Hall–Kier alpha value is -3.85. The molecule has 0 saturated carbocycles. The number of carbonyl (C=O) groups excluding carboxylic acids is 2. The van der Waals surface area contributed by atoms with Crippen LogP contribution in [0.3, 0.4) is 0 Å². The number of ether oxygens (including phenoxy) is 2. The summed E-state index contributed by atoms with van der Waals surface area (Å²) in [4.78, 5) is 27.4. The first kappa shape index (κ1) is 20.7. The van der Waals surface area contributed by atoms with Gasteiger partial charge >= 0.3 is 6.03 Å². The van der Waals surface area contributed by atoms with Crippen LogP contribution in [-0.4, -0.2) is 63.4 Å². The number of hydrogen-bond donors (Lipinski definition) is 1. The number of nitrogens with zero attached hydrogens (tertiary/aromatic N) is 4. The van der Waals surface area contributed by atoms with Crippen molar-refractivity contribution in [2.45, 2.75) is 32.4 Å². The third-order valence-corrected chi connectivity index (χ3v) is 6.93. The van der Waals surface area contributed by atoms with E-state index in [1.54, 1.807) is 34.6 Å². The highest BCUT2D eigenvalue weighted by Crippen LogP contribution is 2.35. The minimum atomic E-state index is -0.185. The summed E-state index contributed by atoms with van der Waals surface area (Å²) in [7, 11) is 1.61. The number of aromatic nitrogens is 3. The molecular formula is C25H25N5O4. The van der Waals surface area contributed by atoms with Crippen LogP contribution in [0, 0.1) is 13.8 Å². The molecule has 0 unspecified atom stereocenters. The predicted molar refractivity (Wildman–Crippen MR) is 126 cm³/mol. The van der Waals surface area contributed by atoms with Gasteiger partial charge in [-0.15, -0.1) is 0 Å². The third-order valence-electron chi connectivity index (χ3n) is 6.93. The van der Waals surface area contributed by atoms with Crippen LogP contribution in [0.2, 0.25) is 0 Å². The van der Waals surface area contributed by atoms with Gasteiger partial charge in [-0.1, -0.05) is 0 Å². The summed E-state index contributed by atoms with van der Waals surface area (Å²) in [6.07, 6.45) is 4.50. The molecule has 0 aliphatic carbocycles. The molecule has 1 aromatic carbocycles. The van der Waals surface area contributed by atoms with Crippen molar-refractivity contribution in [3.8, 4) is 11.5 Å². The lowest BCUT2D eigenvalue weighted by molar-refractivity contribution is -0.0265. The number of carbonyl (C=O) groups is 2. The molecule has 1 N–H and O–H groups in total. The second-order valence-electron chi connectivity index (χ2n) is 8.88. The molecule has 6 rings (SSSR count). The Kier molecular flexibility index (Phi) is 4.63. The van der Waals surface area contributed by atoms with Crippen molar-refractivity contribution >= 4 is 28.4 Å². The molecular weight excluding hydrogens is 434 g/mol. The van der Waals surface area contributed by atoms with E-state index in [2.05, 4.69) is 10.4 Å². The molecule has 2 aliphatic heterocycles. The van der Waals surface area contributed by atoms with Crippen LogP contribution in [-0.2, 0) is 4.74 Å². The van der Waals surface area contributed by atoms with Crippen LogP contribution in [0.1, 0.15) is 28.0 Å². The van der Waals surface area contributed by atoms with Gasteiger partial charge in [0.05, 0.1) is 29.4 Å². The molecule has 2 amide bonds. The summed E-state index contributed by atoms with van der Waals surface area (Å²) in [5.41, 5.74) is 3.86. The fourth-order valence-electron chi connectivity index (χ4n) is 5.17. The van der Waals surface area contributed by atoms with Gasteiger partial charge in [0.15, 0.2) is 5.75 Å². The van der Waals surface area contributed by atoms with Gasteiger partial charge < -0.3 is 19.7 Å². The normalized spacial score (nSPS) is 19.3. The number of benzene rings is 1. The summed E-state index contributed by atoms with van der Waals surface area (Å²) in [5.74, 6) is 1.25. The minimum absolute atomic E-state index is 0.00753. The van der Waals surface area contributed by atoms with Gasteiger partial charge in [-0.05, 0) is 50.1 Å². The van der Waals surface area contributed by atoms with E-state index in [1.807, 2.05) is 43.0 Å². The molecule has 0 radical (unpaired) electrons. The smallest absolute Gasteiger partial charge is 0.325 e. The molecule has 2 aliphatic rings. The van der Waals surface area contributed by atoms with E-state index in [-0.39, 0.29) is 24.1 Å². The van der Waals surface area contributed by atoms with E-state index < -0.39 is 0 Å². The number of aryl methyl sites for hydroxylation is 2. The average molecular weight is 460 g/mol. The van der Waals surface area contributed by atoms with E-state index in [0.717, 1.165) is 34.1 Å². The van der Waals surface area contributed by atoms with Crippen molar-refractivity contribution in [3.05, 3.63) is 59.5 Å². The highest BCUT2D eigenvalue weighted by molar-refractivity contribution is 5.99. The summed E-state index contributed by atoms with van der Waals surface area (Å²) in [5, 5.41) is 7.97. The molecule has 2 fully saturated rings. The zero-order chi connectivity index (χ0) is 23.6. The largest absolute Gasteiger partial charge is 0.455 e. The quantitative estimate of drug-likeness (QED) is 0.507. The second kappa shape index (κ2) is 7.59. The van der Waals surface area contributed by atoms with Gasteiger partial charge in [0, 0.05) is 43.5 Å². The first-order valence-electron chi connectivity index (χ1n) is 11.4.